The average Bonchev–Trinajstić information content (AvgIpc) is 2.29. The van der Waals surface area contributed by atoms with Gasteiger partial charge in [0.25, 0.3) is 0 Å². The van der Waals surface area contributed by atoms with E-state index in [2.05, 4.69) is 10.6 Å². The third-order valence-electron chi connectivity index (χ3n) is 3.22. The second-order valence-electron chi connectivity index (χ2n) is 4.48. The first kappa shape index (κ1) is 17.6. The summed E-state index contributed by atoms with van der Waals surface area (Å²) < 4.78 is 12.9. The van der Waals surface area contributed by atoms with Crippen LogP contribution in [-0.2, 0) is 6.54 Å². The Hall–Kier alpha value is -0.350. The summed E-state index contributed by atoms with van der Waals surface area (Å²) in [6, 6.07) is 5.61. The monoisotopic (exact) mass is 294 g/mol. The van der Waals surface area contributed by atoms with E-state index in [-0.39, 0.29) is 30.6 Å². The summed E-state index contributed by atoms with van der Waals surface area (Å²) in [6.45, 7) is 5.00. The summed E-state index contributed by atoms with van der Waals surface area (Å²) >= 11 is 0. The third kappa shape index (κ3) is 5.11. The molecule has 1 heterocycles. The van der Waals surface area contributed by atoms with E-state index < -0.39 is 0 Å². The number of hydrogen-bond acceptors (Lipinski definition) is 2. The Balaban J connectivity index is 0.00000144. The lowest BCUT2D eigenvalue weighted by molar-refractivity contribution is 0.386. The van der Waals surface area contributed by atoms with Crippen LogP contribution in [0.15, 0.2) is 18.2 Å². The van der Waals surface area contributed by atoms with Gasteiger partial charge in [0.15, 0.2) is 0 Å². The highest BCUT2D eigenvalue weighted by Gasteiger charge is 2.12. The van der Waals surface area contributed by atoms with Gasteiger partial charge in [-0.2, -0.15) is 0 Å². The summed E-state index contributed by atoms with van der Waals surface area (Å²) in [5, 5.41) is 6.88. The molecule has 2 nitrogen and oxygen atoms in total. The summed E-state index contributed by atoms with van der Waals surface area (Å²) in [6.07, 6.45) is 2.36. The van der Waals surface area contributed by atoms with Gasteiger partial charge in [-0.15, -0.1) is 24.8 Å². The summed E-state index contributed by atoms with van der Waals surface area (Å²) in [7, 11) is 0. The van der Waals surface area contributed by atoms with Gasteiger partial charge in [-0.1, -0.05) is 6.07 Å². The predicted octanol–water partition coefficient (Wildman–Crippen LogP) is 2.82. The molecular weight excluding hydrogens is 274 g/mol. The molecule has 0 radical (unpaired) electrons. The summed E-state index contributed by atoms with van der Waals surface area (Å²) in [4.78, 5) is 0. The Morgan fingerprint density at radius 2 is 1.94 bits per heavy atom. The van der Waals surface area contributed by atoms with Crippen molar-refractivity contribution in [3.63, 3.8) is 0 Å². The van der Waals surface area contributed by atoms with Gasteiger partial charge < -0.3 is 10.6 Å². The molecule has 0 unspecified atom stereocenters. The molecule has 104 valence electrons. The Kier molecular flexibility index (Phi) is 8.53. The molecule has 0 aliphatic carbocycles. The van der Waals surface area contributed by atoms with Crippen LogP contribution in [0, 0.1) is 12.7 Å². The molecule has 2 rings (SSSR count). The minimum Gasteiger partial charge on any atom is -0.317 e. The van der Waals surface area contributed by atoms with Gasteiger partial charge in [0, 0.05) is 12.6 Å². The molecule has 2 N–H and O–H groups in total. The van der Waals surface area contributed by atoms with Crippen LogP contribution in [0.4, 0.5) is 4.39 Å². The smallest absolute Gasteiger partial charge is 0.123 e. The normalized spacial score (nSPS) is 15.7. The van der Waals surface area contributed by atoms with Crippen LogP contribution >= 0.6 is 24.8 Å². The van der Waals surface area contributed by atoms with Crippen molar-refractivity contribution in [1.82, 2.24) is 10.6 Å². The molecule has 0 bridgehead atoms. The highest BCUT2D eigenvalue weighted by atomic mass is 35.5. The number of benzene rings is 1. The molecule has 18 heavy (non-hydrogen) atoms. The molecule has 1 aliphatic heterocycles. The first-order chi connectivity index (χ1) is 7.75. The van der Waals surface area contributed by atoms with Crippen LogP contribution in [0.3, 0.4) is 0 Å². The summed E-state index contributed by atoms with van der Waals surface area (Å²) in [5.74, 6) is -0.150. The molecule has 0 amide bonds. The number of halogens is 3. The van der Waals surface area contributed by atoms with Gasteiger partial charge in [-0.25, -0.2) is 4.39 Å². The van der Waals surface area contributed by atoms with Gasteiger partial charge in [-0.05, 0) is 56.1 Å². The molecule has 1 aromatic carbocycles. The fourth-order valence-corrected chi connectivity index (χ4v) is 2.14. The minimum atomic E-state index is -0.150. The van der Waals surface area contributed by atoms with Crippen LogP contribution in [0.5, 0.6) is 0 Å². The highest BCUT2D eigenvalue weighted by Crippen LogP contribution is 2.11. The zero-order valence-electron chi connectivity index (χ0n) is 10.5. The maximum atomic E-state index is 12.9. The SMILES string of the molecule is Cc1cc(F)ccc1CNC1CCNCC1.Cl.Cl. The van der Waals surface area contributed by atoms with Crippen LogP contribution in [-0.4, -0.2) is 19.1 Å². The van der Waals surface area contributed by atoms with E-state index in [0.29, 0.717) is 6.04 Å². The van der Waals surface area contributed by atoms with Crippen LogP contribution in [0.1, 0.15) is 24.0 Å². The zero-order chi connectivity index (χ0) is 11.4. The van der Waals surface area contributed by atoms with E-state index >= 15 is 0 Å². The van der Waals surface area contributed by atoms with Gasteiger partial charge >= 0.3 is 0 Å². The van der Waals surface area contributed by atoms with E-state index in [1.165, 1.54) is 24.5 Å². The molecule has 0 atom stereocenters. The summed E-state index contributed by atoms with van der Waals surface area (Å²) in [5.41, 5.74) is 2.22. The van der Waals surface area contributed by atoms with Crippen molar-refractivity contribution in [2.45, 2.75) is 32.4 Å². The lowest BCUT2D eigenvalue weighted by Gasteiger charge is -2.24. The lowest BCUT2D eigenvalue weighted by Crippen LogP contribution is -2.39. The van der Waals surface area contributed by atoms with E-state index in [9.17, 15) is 4.39 Å². The fourth-order valence-electron chi connectivity index (χ4n) is 2.14. The van der Waals surface area contributed by atoms with Crippen molar-refractivity contribution in [1.29, 1.82) is 0 Å². The molecule has 0 spiro atoms. The standard InChI is InChI=1S/C13H19FN2.2ClH/c1-10-8-12(14)3-2-11(10)9-16-13-4-6-15-7-5-13;;/h2-3,8,13,15-16H,4-7,9H2,1H3;2*1H. The molecule has 1 aromatic rings. The highest BCUT2D eigenvalue weighted by molar-refractivity contribution is 5.85. The average molecular weight is 295 g/mol. The Labute approximate surface area is 121 Å². The van der Waals surface area contributed by atoms with E-state index in [4.69, 9.17) is 0 Å². The topological polar surface area (TPSA) is 24.1 Å². The second kappa shape index (κ2) is 8.70. The number of nitrogens with one attached hydrogen (secondary N) is 2. The van der Waals surface area contributed by atoms with Crippen LogP contribution in [0.2, 0.25) is 0 Å². The zero-order valence-corrected chi connectivity index (χ0v) is 12.2. The van der Waals surface area contributed by atoms with E-state index in [1.54, 1.807) is 6.07 Å². The van der Waals surface area contributed by atoms with Gasteiger partial charge in [0.1, 0.15) is 5.82 Å². The van der Waals surface area contributed by atoms with Crippen molar-refractivity contribution in [3.05, 3.63) is 35.1 Å². The minimum absolute atomic E-state index is 0. The first-order valence-corrected chi connectivity index (χ1v) is 5.95. The molecule has 1 saturated heterocycles. The number of aryl methyl sites for hydroxylation is 1. The van der Waals surface area contributed by atoms with Gasteiger partial charge in [0.05, 0.1) is 0 Å². The molecular formula is C13H21Cl2FN2. The fraction of sp³-hybridized carbons (Fsp3) is 0.538. The maximum Gasteiger partial charge on any atom is 0.123 e. The number of piperidine rings is 1. The van der Waals surface area contributed by atoms with Crippen LogP contribution < -0.4 is 10.6 Å². The van der Waals surface area contributed by atoms with Gasteiger partial charge in [0.2, 0.25) is 0 Å². The third-order valence-corrected chi connectivity index (χ3v) is 3.22. The Morgan fingerprint density at radius 3 is 2.56 bits per heavy atom. The van der Waals surface area contributed by atoms with E-state index in [1.807, 2.05) is 13.0 Å². The Bertz CT molecular complexity index is 355. The van der Waals surface area contributed by atoms with Crippen molar-refractivity contribution in [2.24, 2.45) is 0 Å². The first-order valence-electron chi connectivity index (χ1n) is 5.95. The largest absolute Gasteiger partial charge is 0.317 e. The van der Waals surface area contributed by atoms with Gasteiger partial charge in [-0.3, -0.25) is 0 Å². The van der Waals surface area contributed by atoms with Crippen molar-refractivity contribution in [3.8, 4) is 0 Å². The predicted molar refractivity (Wildman–Crippen MR) is 78.4 cm³/mol. The Morgan fingerprint density at radius 1 is 1.28 bits per heavy atom. The molecule has 5 heteroatoms. The molecule has 0 saturated carbocycles. The second-order valence-corrected chi connectivity index (χ2v) is 4.48. The van der Waals surface area contributed by atoms with Crippen molar-refractivity contribution >= 4 is 24.8 Å². The molecule has 0 aromatic heterocycles. The number of hydrogen-bond donors (Lipinski definition) is 2. The van der Waals surface area contributed by atoms with Crippen molar-refractivity contribution in [2.75, 3.05) is 13.1 Å². The quantitative estimate of drug-likeness (QED) is 0.896. The number of rotatable bonds is 3. The molecule has 1 fully saturated rings. The molecule has 1 aliphatic rings. The van der Waals surface area contributed by atoms with Crippen LogP contribution in [0.25, 0.3) is 0 Å². The van der Waals surface area contributed by atoms with E-state index in [0.717, 1.165) is 25.2 Å². The van der Waals surface area contributed by atoms with Crippen molar-refractivity contribution < 1.29 is 4.39 Å². The maximum absolute atomic E-state index is 12.9. The lowest BCUT2D eigenvalue weighted by atomic mass is 10.0.